The molecule has 1 heterocycles. The second-order valence-electron chi connectivity index (χ2n) is 7.60. The standard InChI is InChI=1S/C26H21Cl2NO6/c1-14-10-21-18(12-19(14)28)24(31)26(25(35-21)15-4-6-16(27)7-5-15)34-13-23(30)29-20-9-8-17(32-2)11-22(20)33-3/h4-12H,13H2,1-3H3,(H,29,30). The normalized spacial score (nSPS) is 10.8. The first kappa shape index (κ1) is 24.4. The maximum absolute atomic E-state index is 13.4. The van der Waals surface area contributed by atoms with Crippen LogP contribution in [0.2, 0.25) is 10.0 Å². The molecule has 35 heavy (non-hydrogen) atoms. The highest BCUT2D eigenvalue weighted by Gasteiger charge is 2.20. The van der Waals surface area contributed by atoms with E-state index < -0.39 is 17.9 Å². The molecule has 0 saturated heterocycles. The van der Waals surface area contributed by atoms with E-state index in [4.69, 9.17) is 41.8 Å². The van der Waals surface area contributed by atoms with Gasteiger partial charge >= 0.3 is 0 Å². The summed E-state index contributed by atoms with van der Waals surface area (Å²) in [7, 11) is 3.01. The molecule has 7 nitrogen and oxygen atoms in total. The van der Waals surface area contributed by atoms with Gasteiger partial charge in [-0.25, -0.2) is 0 Å². The maximum atomic E-state index is 13.4. The van der Waals surface area contributed by atoms with E-state index in [2.05, 4.69) is 5.32 Å². The predicted octanol–water partition coefficient (Wildman–Crippen LogP) is 6.11. The van der Waals surface area contributed by atoms with Crippen LogP contribution < -0.4 is 25.0 Å². The largest absolute Gasteiger partial charge is 0.497 e. The molecule has 1 aromatic heterocycles. The fourth-order valence-corrected chi connectivity index (χ4v) is 3.74. The Morgan fingerprint density at radius 2 is 1.74 bits per heavy atom. The third kappa shape index (κ3) is 5.21. The van der Waals surface area contributed by atoms with Gasteiger partial charge in [-0.3, -0.25) is 9.59 Å². The van der Waals surface area contributed by atoms with Crippen molar-refractivity contribution < 1.29 is 23.4 Å². The summed E-state index contributed by atoms with van der Waals surface area (Å²) in [6.07, 6.45) is 0. The van der Waals surface area contributed by atoms with Crippen LogP contribution in [0.25, 0.3) is 22.3 Å². The zero-order valence-electron chi connectivity index (χ0n) is 19.1. The van der Waals surface area contributed by atoms with Crippen LogP contribution in [0.4, 0.5) is 5.69 Å². The molecule has 0 fully saturated rings. The van der Waals surface area contributed by atoms with Gasteiger partial charge in [0.25, 0.3) is 5.91 Å². The Kier molecular flexibility index (Phi) is 7.19. The lowest BCUT2D eigenvalue weighted by molar-refractivity contribution is -0.118. The molecule has 1 amide bonds. The van der Waals surface area contributed by atoms with Gasteiger partial charge in [-0.15, -0.1) is 0 Å². The number of benzene rings is 3. The van der Waals surface area contributed by atoms with Gasteiger partial charge < -0.3 is 23.9 Å². The lowest BCUT2D eigenvalue weighted by Gasteiger charge is -2.14. The average molecular weight is 514 g/mol. The van der Waals surface area contributed by atoms with Crippen molar-refractivity contribution in [2.75, 3.05) is 26.1 Å². The van der Waals surface area contributed by atoms with Crippen molar-refractivity contribution in [2.45, 2.75) is 6.92 Å². The fraction of sp³-hybridized carbons (Fsp3) is 0.154. The van der Waals surface area contributed by atoms with E-state index >= 15 is 0 Å². The Morgan fingerprint density at radius 3 is 2.43 bits per heavy atom. The number of aryl methyl sites for hydroxylation is 1. The summed E-state index contributed by atoms with van der Waals surface area (Å²) in [5.74, 6) is 0.547. The molecule has 4 aromatic rings. The Bertz CT molecular complexity index is 1460. The second kappa shape index (κ2) is 10.3. The molecule has 4 rings (SSSR count). The summed E-state index contributed by atoms with van der Waals surface area (Å²) in [4.78, 5) is 26.0. The van der Waals surface area contributed by atoms with E-state index in [1.54, 1.807) is 48.5 Å². The van der Waals surface area contributed by atoms with E-state index in [1.165, 1.54) is 20.3 Å². The zero-order chi connectivity index (χ0) is 25.1. The van der Waals surface area contributed by atoms with Crippen LogP contribution in [-0.2, 0) is 4.79 Å². The SMILES string of the molecule is COc1ccc(NC(=O)COc2c(-c3ccc(Cl)cc3)oc3cc(C)c(Cl)cc3c2=O)c(OC)c1. The quantitative estimate of drug-likeness (QED) is 0.320. The van der Waals surface area contributed by atoms with Crippen LogP contribution in [0.1, 0.15) is 5.56 Å². The zero-order valence-corrected chi connectivity index (χ0v) is 20.6. The highest BCUT2D eigenvalue weighted by Crippen LogP contribution is 2.34. The Labute approximate surface area is 211 Å². The summed E-state index contributed by atoms with van der Waals surface area (Å²) < 4.78 is 22.2. The highest BCUT2D eigenvalue weighted by atomic mass is 35.5. The van der Waals surface area contributed by atoms with E-state index in [0.717, 1.165) is 5.56 Å². The van der Waals surface area contributed by atoms with Gasteiger partial charge in [0.15, 0.2) is 12.4 Å². The minimum Gasteiger partial charge on any atom is -0.497 e. The van der Waals surface area contributed by atoms with Crippen molar-refractivity contribution in [1.82, 2.24) is 0 Å². The van der Waals surface area contributed by atoms with Crippen LogP contribution in [0.5, 0.6) is 17.2 Å². The number of nitrogens with one attached hydrogen (secondary N) is 1. The van der Waals surface area contributed by atoms with Crippen LogP contribution >= 0.6 is 23.2 Å². The van der Waals surface area contributed by atoms with Crippen molar-refractivity contribution in [2.24, 2.45) is 0 Å². The van der Waals surface area contributed by atoms with Crippen LogP contribution in [0.3, 0.4) is 0 Å². The summed E-state index contributed by atoms with van der Waals surface area (Å²) in [5, 5.41) is 3.89. The number of ether oxygens (including phenoxy) is 3. The molecule has 0 saturated carbocycles. The van der Waals surface area contributed by atoms with Crippen molar-refractivity contribution in [3.63, 3.8) is 0 Å². The number of fused-ring (bicyclic) bond motifs is 1. The second-order valence-corrected chi connectivity index (χ2v) is 8.44. The number of hydrogen-bond donors (Lipinski definition) is 1. The number of rotatable bonds is 7. The Hall–Kier alpha value is -3.68. The molecule has 0 spiro atoms. The summed E-state index contributed by atoms with van der Waals surface area (Å²) in [6.45, 7) is 1.36. The molecule has 0 aliphatic heterocycles. The van der Waals surface area contributed by atoms with Gasteiger partial charge in [-0.1, -0.05) is 23.2 Å². The van der Waals surface area contributed by atoms with E-state index in [9.17, 15) is 9.59 Å². The fourth-order valence-electron chi connectivity index (χ4n) is 3.45. The number of amides is 1. The van der Waals surface area contributed by atoms with Crippen molar-refractivity contribution in [1.29, 1.82) is 0 Å². The van der Waals surface area contributed by atoms with Gasteiger partial charge in [-0.05, 0) is 61.0 Å². The molecule has 0 bridgehead atoms. The monoisotopic (exact) mass is 513 g/mol. The van der Waals surface area contributed by atoms with Crippen LogP contribution in [0.15, 0.2) is 63.8 Å². The molecule has 0 aliphatic carbocycles. The van der Waals surface area contributed by atoms with Crippen LogP contribution in [0, 0.1) is 6.92 Å². The first-order valence-corrected chi connectivity index (χ1v) is 11.2. The van der Waals surface area contributed by atoms with Crippen molar-refractivity contribution >= 4 is 45.8 Å². The average Bonchev–Trinajstić information content (AvgIpc) is 2.85. The number of hydrogen-bond acceptors (Lipinski definition) is 6. The smallest absolute Gasteiger partial charge is 0.262 e. The first-order valence-electron chi connectivity index (χ1n) is 10.5. The van der Waals surface area contributed by atoms with E-state index in [0.29, 0.717) is 38.4 Å². The molecule has 180 valence electrons. The van der Waals surface area contributed by atoms with Gasteiger partial charge in [0.2, 0.25) is 11.2 Å². The molecule has 0 radical (unpaired) electrons. The molecule has 0 atom stereocenters. The number of halogens is 2. The van der Waals surface area contributed by atoms with Gasteiger partial charge in [0.05, 0.1) is 25.3 Å². The summed E-state index contributed by atoms with van der Waals surface area (Å²) in [5.41, 5.74) is 1.64. The Balaban J connectivity index is 1.68. The number of carbonyl (C=O) groups excluding carboxylic acids is 1. The Morgan fingerprint density at radius 1 is 1.00 bits per heavy atom. The minimum absolute atomic E-state index is 0.114. The number of anilines is 1. The lowest BCUT2D eigenvalue weighted by Crippen LogP contribution is -2.23. The van der Waals surface area contributed by atoms with E-state index in [-0.39, 0.29) is 16.9 Å². The molecule has 0 aliphatic rings. The predicted molar refractivity (Wildman–Crippen MR) is 136 cm³/mol. The lowest BCUT2D eigenvalue weighted by atomic mass is 10.1. The van der Waals surface area contributed by atoms with Crippen LogP contribution in [-0.4, -0.2) is 26.7 Å². The van der Waals surface area contributed by atoms with Gasteiger partial charge in [0.1, 0.15) is 17.1 Å². The summed E-state index contributed by atoms with van der Waals surface area (Å²) >= 11 is 12.3. The van der Waals surface area contributed by atoms with Crippen molar-refractivity contribution in [3.8, 4) is 28.6 Å². The van der Waals surface area contributed by atoms with Crippen molar-refractivity contribution in [3.05, 3.63) is 80.4 Å². The first-order chi connectivity index (χ1) is 16.8. The minimum atomic E-state index is -0.503. The number of methoxy groups -OCH3 is 2. The molecule has 1 N–H and O–H groups in total. The third-order valence-corrected chi connectivity index (χ3v) is 5.93. The molecular weight excluding hydrogens is 493 g/mol. The third-order valence-electron chi connectivity index (χ3n) is 5.27. The molecule has 0 unspecified atom stereocenters. The molecule has 9 heteroatoms. The molecule has 3 aromatic carbocycles. The highest BCUT2D eigenvalue weighted by molar-refractivity contribution is 6.32. The van der Waals surface area contributed by atoms with Gasteiger partial charge in [0, 0.05) is 21.7 Å². The number of carbonyl (C=O) groups is 1. The molecular formula is C26H21Cl2NO6. The van der Waals surface area contributed by atoms with E-state index in [1.807, 2.05) is 6.92 Å². The van der Waals surface area contributed by atoms with Gasteiger partial charge in [-0.2, -0.15) is 0 Å². The summed E-state index contributed by atoms with van der Waals surface area (Å²) in [6, 6.07) is 14.9. The maximum Gasteiger partial charge on any atom is 0.262 e. The topological polar surface area (TPSA) is 87.0 Å².